The number of anilines is 1. The SMILES string of the molecule is CC(=NNS(=O)(=O)c1ccc(Cl)cc1)c1cccc(NC(=O)c2cccs2)c1. The number of hydrogen-bond donors (Lipinski definition) is 2. The van der Waals surface area contributed by atoms with Gasteiger partial charge in [-0.15, -0.1) is 11.3 Å². The van der Waals surface area contributed by atoms with E-state index >= 15 is 0 Å². The van der Waals surface area contributed by atoms with Crippen molar-refractivity contribution in [1.82, 2.24) is 4.83 Å². The van der Waals surface area contributed by atoms with E-state index in [4.69, 9.17) is 11.6 Å². The standard InChI is InChI=1S/C19H16ClN3O3S2/c1-13(22-23-28(25,26)17-9-7-15(20)8-10-17)14-4-2-5-16(12-14)21-19(24)18-6-3-11-27-18/h2-12,23H,1H3,(H,21,24). The Morgan fingerprint density at radius 2 is 1.82 bits per heavy atom. The van der Waals surface area contributed by atoms with Gasteiger partial charge in [0.15, 0.2) is 0 Å². The summed E-state index contributed by atoms with van der Waals surface area (Å²) in [6.07, 6.45) is 0. The van der Waals surface area contributed by atoms with E-state index in [1.165, 1.54) is 35.6 Å². The highest BCUT2D eigenvalue weighted by molar-refractivity contribution is 7.89. The van der Waals surface area contributed by atoms with E-state index in [0.29, 0.717) is 26.9 Å². The number of carbonyl (C=O) groups excluding carboxylic acids is 1. The molecule has 0 spiro atoms. The molecule has 2 N–H and O–H groups in total. The lowest BCUT2D eigenvalue weighted by atomic mass is 10.1. The van der Waals surface area contributed by atoms with Gasteiger partial charge < -0.3 is 5.32 Å². The van der Waals surface area contributed by atoms with Crippen LogP contribution in [0.3, 0.4) is 0 Å². The topological polar surface area (TPSA) is 87.6 Å². The Hall–Kier alpha value is -2.68. The monoisotopic (exact) mass is 433 g/mol. The molecular formula is C19H16ClN3O3S2. The average Bonchev–Trinajstić information content (AvgIpc) is 3.22. The lowest BCUT2D eigenvalue weighted by molar-refractivity contribution is 0.103. The Morgan fingerprint density at radius 1 is 1.07 bits per heavy atom. The van der Waals surface area contributed by atoms with Crippen molar-refractivity contribution in [3.8, 4) is 0 Å². The van der Waals surface area contributed by atoms with Crippen LogP contribution in [0.1, 0.15) is 22.2 Å². The van der Waals surface area contributed by atoms with E-state index in [1.807, 2.05) is 5.38 Å². The molecule has 9 heteroatoms. The van der Waals surface area contributed by atoms with Gasteiger partial charge in [-0.25, -0.2) is 0 Å². The minimum absolute atomic E-state index is 0.0606. The van der Waals surface area contributed by atoms with Crippen LogP contribution in [0.15, 0.2) is 76.0 Å². The van der Waals surface area contributed by atoms with Gasteiger partial charge in [-0.1, -0.05) is 29.8 Å². The Bertz CT molecular complexity index is 1110. The smallest absolute Gasteiger partial charge is 0.276 e. The largest absolute Gasteiger partial charge is 0.321 e. The molecule has 0 unspecified atom stereocenters. The summed E-state index contributed by atoms with van der Waals surface area (Å²) in [6, 6.07) is 16.3. The second-order valence-corrected chi connectivity index (χ2v) is 8.80. The van der Waals surface area contributed by atoms with E-state index in [9.17, 15) is 13.2 Å². The summed E-state index contributed by atoms with van der Waals surface area (Å²) in [6.45, 7) is 1.67. The van der Waals surface area contributed by atoms with Gasteiger partial charge in [0, 0.05) is 10.7 Å². The zero-order chi connectivity index (χ0) is 20.1. The van der Waals surface area contributed by atoms with Gasteiger partial charge in [0.2, 0.25) is 0 Å². The highest BCUT2D eigenvalue weighted by Gasteiger charge is 2.13. The maximum absolute atomic E-state index is 12.3. The second kappa shape index (κ2) is 8.55. The Kier molecular flexibility index (Phi) is 6.13. The van der Waals surface area contributed by atoms with E-state index in [-0.39, 0.29) is 10.8 Å². The molecule has 0 fully saturated rings. The molecule has 0 saturated carbocycles. The van der Waals surface area contributed by atoms with Crippen molar-refractivity contribution >= 4 is 50.3 Å². The summed E-state index contributed by atoms with van der Waals surface area (Å²) in [7, 11) is -3.80. The van der Waals surface area contributed by atoms with Gasteiger partial charge >= 0.3 is 0 Å². The highest BCUT2D eigenvalue weighted by atomic mass is 35.5. The number of amides is 1. The highest BCUT2D eigenvalue weighted by Crippen LogP contribution is 2.16. The molecule has 0 radical (unpaired) electrons. The zero-order valence-electron chi connectivity index (χ0n) is 14.7. The van der Waals surface area contributed by atoms with Crippen LogP contribution in [-0.4, -0.2) is 20.0 Å². The van der Waals surface area contributed by atoms with E-state index in [1.54, 1.807) is 43.3 Å². The van der Waals surface area contributed by atoms with Crippen LogP contribution in [0.25, 0.3) is 0 Å². The van der Waals surface area contributed by atoms with Gasteiger partial charge in [0.05, 0.1) is 15.5 Å². The number of hydrogen-bond acceptors (Lipinski definition) is 5. The number of halogens is 1. The van der Waals surface area contributed by atoms with Crippen molar-refractivity contribution in [1.29, 1.82) is 0 Å². The Labute approximate surface area is 171 Å². The van der Waals surface area contributed by atoms with Crippen molar-refractivity contribution in [2.24, 2.45) is 5.10 Å². The molecule has 144 valence electrons. The summed E-state index contributed by atoms with van der Waals surface area (Å²) in [5.74, 6) is -0.204. The summed E-state index contributed by atoms with van der Waals surface area (Å²) >= 11 is 7.13. The van der Waals surface area contributed by atoms with Gasteiger partial charge in [-0.05, 0) is 60.3 Å². The molecule has 28 heavy (non-hydrogen) atoms. The van der Waals surface area contributed by atoms with Crippen LogP contribution in [0.2, 0.25) is 5.02 Å². The summed E-state index contributed by atoms with van der Waals surface area (Å²) in [4.78, 5) is 15.0. The quantitative estimate of drug-likeness (QED) is 0.447. The van der Waals surface area contributed by atoms with Crippen LogP contribution in [0, 0.1) is 0 Å². The number of sulfonamides is 1. The molecular weight excluding hydrogens is 418 g/mol. The molecule has 6 nitrogen and oxygen atoms in total. The third kappa shape index (κ3) is 4.98. The number of nitrogens with zero attached hydrogens (tertiary/aromatic N) is 1. The normalized spacial score (nSPS) is 11.9. The molecule has 0 aliphatic rings. The van der Waals surface area contributed by atoms with E-state index in [2.05, 4.69) is 15.2 Å². The fraction of sp³-hybridized carbons (Fsp3) is 0.0526. The number of rotatable bonds is 6. The maximum atomic E-state index is 12.3. The fourth-order valence-electron chi connectivity index (χ4n) is 2.28. The van der Waals surface area contributed by atoms with Crippen molar-refractivity contribution in [2.45, 2.75) is 11.8 Å². The number of nitrogens with one attached hydrogen (secondary N) is 2. The van der Waals surface area contributed by atoms with Gasteiger partial charge in [0.25, 0.3) is 15.9 Å². The van der Waals surface area contributed by atoms with Crippen molar-refractivity contribution in [3.05, 3.63) is 81.5 Å². The van der Waals surface area contributed by atoms with Crippen LogP contribution in [-0.2, 0) is 10.0 Å². The summed E-state index contributed by atoms with van der Waals surface area (Å²) < 4.78 is 24.6. The number of benzene rings is 2. The minimum atomic E-state index is -3.80. The first-order valence-corrected chi connectivity index (χ1v) is 10.9. The van der Waals surface area contributed by atoms with Crippen LogP contribution in [0.4, 0.5) is 5.69 Å². The average molecular weight is 434 g/mol. The first-order chi connectivity index (χ1) is 13.3. The molecule has 3 rings (SSSR count). The first-order valence-electron chi connectivity index (χ1n) is 8.12. The van der Waals surface area contributed by atoms with Crippen LogP contribution in [0.5, 0.6) is 0 Å². The lowest BCUT2D eigenvalue weighted by Crippen LogP contribution is -2.20. The van der Waals surface area contributed by atoms with Crippen molar-refractivity contribution in [3.63, 3.8) is 0 Å². The molecule has 0 aliphatic carbocycles. The van der Waals surface area contributed by atoms with Crippen molar-refractivity contribution < 1.29 is 13.2 Å². The lowest BCUT2D eigenvalue weighted by Gasteiger charge is -2.08. The third-order valence-electron chi connectivity index (χ3n) is 3.74. The molecule has 3 aromatic rings. The molecule has 1 amide bonds. The predicted octanol–water partition coefficient (Wildman–Crippen LogP) is 4.36. The van der Waals surface area contributed by atoms with Gasteiger partial charge in [0.1, 0.15) is 0 Å². The van der Waals surface area contributed by atoms with Crippen LogP contribution < -0.4 is 10.1 Å². The fourth-order valence-corrected chi connectivity index (χ4v) is 3.88. The second-order valence-electron chi connectivity index (χ2n) is 5.76. The summed E-state index contributed by atoms with van der Waals surface area (Å²) in [5, 5.41) is 9.05. The van der Waals surface area contributed by atoms with E-state index < -0.39 is 10.0 Å². The molecule has 0 bridgehead atoms. The maximum Gasteiger partial charge on any atom is 0.276 e. The number of hydrazone groups is 1. The molecule has 1 aromatic heterocycles. The Balaban J connectivity index is 1.74. The first kappa shape index (κ1) is 20.1. The number of carbonyl (C=O) groups is 1. The molecule has 0 aliphatic heterocycles. The van der Waals surface area contributed by atoms with Gasteiger partial charge in [-0.3, -0.25) is 4.79 Å². The zero-order valence-corrected chi connectivity index (χ0v) is 17.1. The van der Waals surface area contributed by atoms with Crippen molar-refractivity contribution in [2.75, 3.05) is 5.32 Å². The number of thiophene rings is 1. The Morgan fingerprint density at radius 3 is 2.50 bits per heavy atom. The minimum Gasteiger partial charge on any atom is -0.321 e. The van der Waals surface area contributed by atoms with Crippen LogP contribution >= 0.6 is 22.9 Å². The summed E-state index contributed by atoms with van der Waals surface area (Å²) in [5.41, 5.74) is 1.71. The third-order valence-corrected chi connectivity index (χ3v) is 6.09. The van der Waals surface area contributed by atoms with Gasteiger partial charge in [-0.2, -0.15) is 18.4 Å². The molecule has 2 aromatic carbocycles. The predicted molar refractivity (Wildman–Crippen MR) is 113 cm³/mol. The van der Waals surface area contributed by atoms with E-state index in [0.717, 1.165) is 0 Å². The molecule has 1 heterocycles. The molecule has 0 saturated heterocycles. The molecule has 0 atom stereocenters.